The fourth-order valence-electron chi connectivity index (χ4n) is 2.82. The zero-order valence-electron chi connectivity index (χ0n) is 11.7. The largest absolute Gasteiger partial charge is 0.324 e. The van der Waals surface area contributed by atoms with Gasteiger partial charge in [0.05, 0.1) is 0 Å². The van der Waals surface area contributed by atoms with Crippen LogP contribution >= 0.6 is 0 Å². The molecule has 1 aliphatic rings. The number of hydrogen-bond acceptors (Lipinski definition) is 3. The van der Waals surface area contributed by atoms with E-state index in [-0.39, 0.29) is 6.04 Å². The van der Waals surface area contributed by atoms with E-state index in [2.05, 4.69) is 49.3 Å². The molecule has 0 spiro atoms. The molecule has 3 nitrogen and oxygen atoms in total. The number of nitrogens with one attached hydrogen (secondary N) is 1. The molecule has 18 heavy (non-hydrogen) atoms. The predicted molar refractivity (Wildman–Crippen MR) is 76.7 cm³/mol. The van der Waals surface area contributed by atoms with Crippen LogP contribution in [-0.2, 0) is 0 Å². The monoisotopic (exact) mass is 247 g/mol. The maximum Gasteiger partial charge on any atom is 0.0312 e. The molecule has 0 amide bonds. The molecule has 1 aromatic carbocycles. The Bertz CT molecular complexity index is 403. The quantitative estimate of drug-likeness (QED) is 0.852. The number of aryl methyl sites for hydroxylation is 2. The van der Waals surface area contributed by atoms with Crippen LogP contribution in [0, 0.1) is 13.8 Å². The van der Waals surface area contributed by atoms with Gasteiger partial charge in [-0.2, -0.15) is 0 Å². The van der Waals surface area contributed by atoms with E-state index in [1.165, 1.54) is 16.7 Å². The first kappa shape index (κ1) is 13.5. The highest BCUT2D eigenvalue weighted by Gasteiger charge is 2.20. The molecule has 1 aromatic rings. The Balaban J connectivity index is 2.00. The third-order valence-electron chi connectivity index (χ3n) is 3.82. The average Bonchev–Trinajstić information content (AvgIpc) is 2.28. The zero-order chi connectivity index (χ0) is 13.1. The highest BCUT2D eigenvalue weighted by molar-refractivity contribution is 5.32. The van der Waals surface area contributed by atoms with Crippen molar-refractivity contribution in [3.05, 3.63) is 34.9 Å². The van der Waals surface area contributed by atoms with Gasteiger partial charge in [0, 0.05) is 31.7 Å². The van der Waals surface area contributed by atoms with E-state index in [1.54, 1.807) is 0 Å². The van der Waals surface area contributed by atoms with E-state index in [0.29, 0.717) is 6.04 Å². The molecule has 0 radical (unpaired) electrons. The van der Waals surface area contributed by atoms with Gasteiger partial charge in [-0.3, -0.25) is 0 Å². The third kappa shape index (κ3) is 3.31. The topological polar surface area (TPSA) is 41.3 Å². The van der Waals surface area contributed by atoms with Crippen molar-refractivity contribution in [3.8, 4) is 0 Å². The summed E-state index contributed by atoms with van der Waals surface area (Å²) in [4.78, 5) is 2.37. The molecule has 0 aliphatic carbocycles. The molecule has 3 N–H and O–H groups in total. The zero-order valence-corrected chi connectivity index (χ0v) is 11.7. The summed E-state index contributed by atoms with van der Waals surface area (Å²) in [6.45, 7) is 7.58. The first-order valence-electron chi connectivity index (χ1n) is 6.81. The summed E-state index contributed by atoms with van der Waals surface area (Å²) >= 11 is 0. The van der Waals surface area contributed by atoms with Crippen LogP contribution in [-0.4, -0.2) is 37.6 Å². The summed E-state index contributed by atoms with van der Waals surface area (Å²) in [7, 11) is 2.18. The molecular weight excluding hydrogens is 222 g/mol. The van der Waals surface area contributed by atoms with Crippen LogP contribution in [0.2, 0.25) is 0 Å². The number of benzene rings is 1. The molecule has 1 saturated heterocycles. The van der Waals surface area contributed by atoms with Crippen LogP contribution in [0.25, 0.3) is 0 Å². The molecule has 2 atom stereocenters. The standard InChI is InChI=1S/C15H25N3/c1-11-4-5-14(12(2)8-11)15(16)9-13-10-18(3)7-6-17-13/h4-5,8,13,15,17H,6-7,9-10,16H2,1-3H3. The van der Waals surface area contributed by atoms with Gasteiger partial charge in [0.2, 0.25) is 0 Å². The first-order valence-corrected chi connectivity index (χ1v) is 6.81. The lowest BCUT2D eigenvalue weighted by atomic mass is 9.94. The number of nitrogens with two attached hydrogens (primary N) is 1. The van der Waals surface area contributed by atoms with Crippen molar-refractivity contribution in [2.75, 3.05) is 26.7 Å². The highest BCUT2D eigenvalue weighted by atomic mass is 15.2. The van der Waals surface area contributed by atoms with Crippen LogP contribution in [0.15, 0.2) is 18.2 Å². The van der Waals surface area contributed by atoms with Gasteiger partial charge < -0.3 is 16.0 Å². The fourth-order valence-corrected chi connectivity index (χ4v) is 2.82. The van der Waals surface area contributed by atoms with Crippen LogP contribution in [0.4, 0.5) is 0 Å². The fraction of sp³-hybridized carbons (Fsp3) is 0.600. The molecule has 100 valence electrons. The Kier molecular flexibility index (Phi) is 4.38. The minimum atomic E-state index is 0.134. The third-order valence-corrected chi connectivity index (χ3v) is 3.82. The molecule has 0 aromatic heterocycles. The van der Waals surface area contributed by atoms with E-state index in [1.807, 2.05) is 0 Å². The highest BCUT2D eigenvalue weighted by Crippen LogP contribution is 2.21. The van der Waals surface area contributed by atoms with Gasteiger partial charge in [0.1, 0.15) is 0 Å². The van der Waals surface area contributed by atoms with Crippen molar-refractivity contribution >= 4 is 0 Å². The molecule has 3 heteroatoms. The Morgan fingerprint density at radius 2 is 2.22 bits per heavy atom. The first-order chi connectivity index (χ1) is 8.56. The minimum absolute atomic E-state index is 0.134. The lowest BCUT2D eigenvalue weighted by molar-refractivity contribution is 0.225. The maximum atomic E-state index is 6.36. The van der Waals surface area contributed by atoms with Gasteiger partial charge in [0.15, 0.2) is 0 Å². The summed E-state index contributed by atoms with van der Waals surface area (Å²) in [5.41, 5.74) is 10.3. The second-order valence-corrected chi connectivity index (χ2v) is 5.62. The summed E-state index contributed by atoms with van der Waals surface area (Å²) in [6, 6.07) is 7.20. The maximum absolute atomic E-state index is 6.36. The molecule has 0 saturated carbocycles. The second kappa shape index (κ2) is 5.83. The van der Waals surface area contributed by atoms with Crippen molar-refractivity contribution in [3.63, 3.8) is 0 Å². The van der Waals surface area contributed by atoms with Gasteiger partial charge in [-0.15, -0.1) is 0 Å². The van der Waals surface area contributed by atoms with E-state index in [9.17, 15) is 0 Å². The number of nitrogens with zero attached hydrogens (tertiary/aromatic N) is 1. The normalized spacial score (nSPS) is 23.0. The molecule has 1 aliphatic heterocycles. The lowest BCUT2D eigenvalue weighted by Gasteiger charge is -2.32. The van der Waals surface area contributed by atoms with Crippen LogP contribution < -0.4 is 11.1 Å². The number of likely N-dealkylation sites (N-methyl/N-ethyl adjacent to an activating group) is 1. The van der Waals surface area contributed by atoms with Crippen LogP contribution in [0.3, 0.4) is 0 Å². The summed E-state index contributed by atoms with van der Waals surface area (Å²) in [5.74, 6) is 0. The van der Waals surface area contributed by atoms with Crippen molar-refractivity contribution in [1.29, 1.82) is 0 Å². The Labute approximate surface area is 110 Å². The van der Waals surface area contributed by atoms with Gasteiger partial charge >= 0.3 is 0 Å². The minimum Gasteiger partial charge on any atom is -0.324 e. The second-order valence-electron chi connectivity index (χ2n) is 5.62. The van der Waals surface area contributed by atoms with Crippen LogP contribution in [0.5, 0.6) is 0 Å². The van der Waals surface area contributed by atoms with Gasteiger partial charge in [-0.1, -0.05) is 23.8 Å². The average molecular weight is 247 g/mol. The van der Waals surface area contributed by atoms with Gasteiger partial charge in [-0.25, -0.2) is 0 Å². The van der Waals surface area contributed by atoms with Gasteiger partial charge in [0.25, 0.3) is 0 Å². The van der Waals surface area contributed by atoms with Crippen molar-refractivity contribution in [2.45, 2.75) is 32.4 Å². The number of piperazine rings is 1. The Hall–Kier alpha value is -0.900. The lowest BCUT2D eigenvalue weighted by Crippen LogP contribution is -2.49. The van der Waals surface area contributed by atoms with E-state index in [0.717, 1.165) is 26.1 Å². The number of rotatable bonds is 3. The predicted octanol–water partition coefficient (Wildman–Crippen LogP) is 1.60. The molecule has 1 heterocycles. The molecule has 2 rings (SSSR count). The Morgan fingerprint density at radius 3 is 2.89 bits per heavy atom. The van der Waals surface area contributed by atoms with Gasteiger partial charge in [-0.05, 0) is 38.4 Å². The molecule has 0 bridgehead atoms. The summed E-state index contributed by atoms with van der Waals surface area (Å²) in [5, 5.41) is 3.56. The van der Waals surface area contributed by atoms with Crippen molar-refractivity contribution in [1.82, 2.24) is 10.2 Å². The van der Waals surface area contributed by atoms with E-state index >= 15 is 0 Å². The van der Waals surface area contributed by atoms with E-state index in [4.69, 9.17) is 5.73 Å². The number of hydrogen-bond donors (Lipinski definition) is 2. The SMILES string of the molecule is Cc1ccc(C(N)CC2CN(C)CCN2)c(C)c1. The summed E-state index contributed by atoms with van der Waals surface area (Å²) < 4.78 is 0. The Morgan fingerprint density at radius 1 is 1.44 bits per heavy atom. The van der Waals surface area contributed by atoms with Crippen LogP contribution in [0.1, 0.15) is 29.2 Å². The smallest absolute Gasteiger partial charge is 0.0312 e. The van der Waals surface area contributed by atoms with Crippen molar-refractivity contribution < 1.29 is 0 Å². The van der Waals surface area contributed by atoms with E-state index < -0.39 is 0 Å². The molecular formula is C15H25N3. The van der Waals surface area contributed by atoms with Crippen molar-refractivity contribution in [2.24, 2.45) is 5.73 Å². The summed E-state index contributed by atoms with van der Waals surface area (Å²) in [6.07, 6.45) is 1.01. The molecule has 2 unspecified atom stereocenters. The molecule has 1 fully saturated rings.